The predicted octanol–water partition coefficient (Wildman–Crippen LogP) is 1.83. The van der Waals surface area contributed by atoms with Crippen LogP contribution < -0.4 is 5.32 Å². The van der Waals surface area contributed by atoms with Crippen LogP contribution in [0.2, 0.25) is 0 Å². The van der Waals surface area contributed by atoms with Gasteiger partial charge in [-0.25, -0.2) is 0 Å². The van der Waals surface area contributed by atoms with Crippen molar-refractivity contribution in [1.82, 2.24) is 10.2 Å². The summed E-state index contributed by atoms with van der Waals surface area (Å²) in [7, 11) is 0. The van der Waals surface area contributed by atoms with Crippen molar-refractivity contribution in [2.45, 2.75) is 13.0 Å². The fourth-order valence-corrected chi connectivity index (χ4v) is 3.63. The molecule has 2 saturated heterocycles. The van der Waals surface area contributed by atoms with Crippen LogP contribution in [0.4, 0.5) is 0 Å². The summed E-state index contributed by atoms with van der Waals surface area (Å²) in [5, 5.41) is 13.3. The average Bonchev–Trinajstić information content (AvgIpc) is 2.95. The molecule has 3 atom stereocenters. The van der Waals surface area contributed by atoms with E-state index in [1.165, 1.54) is 0 Å². The normalized spacial score (nSPS) is 29.6. The third-order valence-corrected chi connectivity index (χ3v) is 4.88. The molecule has 0 aromatic heterocycles. The first-order valence-corrected chi connectivity index (χ1v) is 7.37. The summed E-state index contributed by atoms with van der Waals surface area (Å²) in [6, 6.07) is 5.21. The maximum atomic E-state index is 12.6. The summed E-state index contributed by atoms with van der Waals surface area (Å²) in [5.41, 5.74) is 0.383. The van der Waals surface area contributed by atoms with E-state index < -0.39 is 0 Å². The molecule has 1 amide bonds. The average molecular weight is 325 g/mol. The molecule has 4 nitrogen and oxygen atoms in total. The van der Waals surface area contributed by atoms with E-state index in [1.54, 1.807) is 18.2 Å². The van der Waals surface area contributed by atoms with Gasteiger partial charge in [0.25, 0.3) is 5.91 Å². The lowest BCUT2D eigenvalue weighted by molar-refractivity contribution is 0.0725. The Morgan fingerprint density at radius 1 is 1.47 bits per heavy atom. The van der Waals surface area contributed by atoms with E-state index in [2.05, 4.69) is 28.2 Å². The van der Waals surface area contributed by atoms with Crippen molar-refractivity contribution in [2.75, 3.05) is 19.6 Å². The Hall–Kier alpha value is -1.07. The second-order valence-corrected chi connectivity index (χ2v) is 6.36. The number of aromatic hydroxyl groups is 1. The molecule has 0 bridgehead atoms. The molecule has 2 heterocycles. The number of benzene rings is 1. The highest BCUT2D eigenvalue weighted by Gasteiger charge is 2.44. The number of amides is 1. The van der Waals surface area contributed by atoms with Crippen molar-refractivity contribution in [3.8, 4) is 5.75 Å². The zero-order valence-corrected chi connectivity index (χ0v) is 12.4. The first-order valence-electron chi connectivity index (χ1n) is 6.58. The van der Waals surface area contributed by atoms with Crippen LogP contribution in [0.1, 0.15) is 17.3 Å². The van der Waals surface area contributed by atoms with Gasteiger partial charge in [-0.1, -0.05) is 15.9 Å². The maximum Gasteiger partial charge on any atom is 0.257 e. The zero-order valence-electron chi connectivity index (χ0n) is 10.8. The molecule has 3 unspecified atom stereocenters. The quantitative estimate of drug-likeness (QED) is 0.828. The van der Waals surface area contributed by atoms with Gasteiger partial charge in [0, 0.05) is 30.1 Å². The number of fused-ring (bicyclic) bond motifs is 1. The van der Waals surface area contributed by atoms with Gasteiger partial charge in [-0.05, 0) is 37.0 Å². The lowest BCUT2D eigenvalue weighted by atomic mass is 9.95. The summed E-state index contributed by atoms with van der Waals surface area (Å²) in [5.74, 6) is 1.07. The van der Waals surface area contributed by atoms with Crippen LogP contribution in [0.3, 0.4) is 0 Å². The Bertz CT molecular complexity index is 520. The van der Waals surface area contributed by atoms with Crippen LogP contribution in [0.25, 0.3) is 0 Å². The number of carbonyl (C=O) groups is 1. The van der Waals surface area contributed by atoms with Crippen molar-refractivity contribution in [2.24, 2.45) is 11.8 Å². The minimum Gasteiger partial charge on any atom is -0.507 e. The first kappa shape index (κ1) is 12.9. The van der Waals surface area contributed by atoms with Gasteiger partial charge in [-0.2, -0.15) is 0 Å². The van der Waals surface area contributed by atoms with Crippen LogP contribution in [-0.4, -0.2) is 41.6 Å². The summed E-state index contributed by atoms with van der Waals surface area (Å²) < 4.78 is 0.808. The second kappa shape index (κ2) is 4.80. The first-order chi connectivity index (χ1) is 9.08. The van der Waals surface area contributed by atoms with E-state index in [9.17, 15) is 9.90 Å². The van der Waals surface area contributed by atoms with Gasteiger partial charge < -0.3 is 15.3 Å². The minimum absolute atomic E-state index is 0.0515. The lowest BCUT2D eigenvalue weighted by Gasteiger charge is -2.25. The molecule has 2 aliphatic rings. The minimum atomic E-state index is -0.0688. The topological polar surface area (TPSA) is 52.6 Å². The maximum absolute atomic E-state index is 12.6. The van der Waals surface area contributed by atoms with Crippen molar-refractivity contribution in [3.05, 3.63) is 28.2 Å². The summed E-state index contributed by atoms with van der Waals surface area (Å²) in [6.45, 7) is 4.86. The molecule has 102 valence electrons. The van der Waals surface area contributed by atoms with Crippen molar-refractivity contribution in [3.63, 3.8) is 0 Å². The van der Waals surface area contributed by atoms with Crippen LogP contribution >= 0.6 is 15.9 Å². The van der Waals surface area contributed by atoms with Gasteiger partial charge in [0.2, 0.25) is 0 Å². The second-order valence-electron chi connectivity index (χ2n) is 5.44. The number of phenolic OH excluding ortho intramolecular Hbond substituents is 1. The SMILES string of the molecule is CC1C2CNCC2CN1C(=O)c1cc(Br)ccc1O. The number of nitrogens with zero attached hydrogens (tertiary/aromatic N) is 1. The van der Waals surface area contributed by atoms with Crippen molar-refractivity contribution in [1.29, 1.82) is 0 Å². The van der Waals surface area contributed by atoms with E-state index in [-0.39, 0.29) is 17.7 Å². The molecule has 0 spiro atoms. The molecule has 1 aromatic rings. The van der Waals surface area contributed by atoms with Crippen molar-refractivity contribution < 1.29 is 9.90 Å². The molecule has 0 saturated carbocycles. The number of halogens is 1. The third-order valence-electron chi connectivity index (χ3n) is 4.38. The predicted molar refractivity (Wildman–Crippen MR) is 76.2 cm³/mol. The number of carbonyl (C=O) groups excluding carboxylic acids is 1. The van der Waals surface area contributed by atoms with E-state index >= 15 is 0 Å². The van der Waals surface area contributed by atoms with Gasteiger partial charge in [-0.15, -0.1) is 0 Å². The molecule has 1 aromatic carbocycles. The highest BCUT2D eigenvalue weighted by molar-refractivity contribution is 9.10. The number of hydrogen-bond donors (Lipinski definition) is 2. The van der Waals surface area contributed by atoms with E-state index in [0.717, 1.165) is 24.1 Å². The molecule has 2 aliphatic heterocycles. The highest BCUT2D eigenvalue weighted by atomic mass is 79.9. The highest BCUT2D eigenvalue weighted by Crippen LogP contribution is 2.34. The van der Waals surface area contributed by atoms with Gasteiger partial charge in [0.15, 0.2) is 0 Å². The van der Waals surface area contributed by atoms with Gasteiger partial charge in [-0.3, -0.25) is 4.79 Å². The van der Waals surface area contributed by atoms with Crippen LogP contribution in [0, 0.1) is 11.8 Å². The fourth-order valence-electron chi connectivity index (χ4n) is 3.27. The standard InChI is InChI=1S/C14H17BrN2O2/c1-8-12-6-16-5-9(12)7-17(8)14(19)11-4-10(15)2-3-13(11)18/h2-4,8-9,12,16,18H,5-7H2,1H3. The number of likely N-dealkylation sites (tertiary alicyclic amines) is 1. The number of hydrogen-bond acceptors (Lipinski definition) is 3. The van der Waals surface area contributed by atoms with Gasteiger partial charge in [0.05, 0.1) is 5.56 Å². The molecule has 5 heteroatoms. The Morgan fingerprint density at radius 2 is 2.26 bits per heavy atom. The van der Waals surface area contributed by atoms with E-state index in [4.69, 9.17) is 0 Å². The number of nitrogens with one attached hydrogen (secondary N) is 1. The monoisotopic (exact) mass is 324 g/mol. The number of phenols is 1. The molecule has 0 radical (unpaired) electrons. The third kappa shape index (κ3) is 2.15. The van der Waals surface area contributed by atoms with Crippen molar-refractivity contribution >= 4 is 21.8 Å². The van der Waals surface area contributed by atoms with E-state index in [1.807, 2.05) is 4.90 Å². The number of rotatable bonds is 1. The molecule has 2 N–H and O–H groups in total. The molecule has 19 heavy (non-hydrogen) atoms. The largest absolute Gasteiger partial charge is 0.507 e. The lowest BCUT2D eigenvalue weighted by Crippen LogP contribution is -2.38. The van der Waals surface area contributed by atoms with E-state index in [0.29, 0.717) is 17.4 Å². The Kier molecular flexibility index (Phi) is 3.27. The molecular formula is C14H17BrN2O2. The van der Waals surface area contributed by atoms with Crippen LogP contribution in [-0.2, 0) is 0 Å². The summed E-state index contributed by atoms with van der Waals surface area (Å²) in [4.78, 5) is 14.5. The van der Waals surface area contributed by atoms with Crippen LogP contribution in [0.5, 0.6) is 5.75 Å². The van der Waals surface area contributed by atoms with Gasteiger partial charge in [0.1, 0.15) is 5.75 Å². The smallest absolute Gasteiger partial charge is 0.257 e. The fraction of sp³-hybridized carbons (Fsp3) is 0.500. The van der Waals surface area contributed by atoms with Gasteiger partial charge >= 0.3 is 0 Å². The summed E-state index contributed by atoms with van der Waals surface area (Å²) >= 11 is 3.35. The molecular weight excluding hydrogens is 308 g/mol. The molecule has 3 rings (SSSR count). The molecule has 2 fully saturated rings. The Balaban J connectivity index is 1.86. The Labute approximate surface area is 120 Å². The van der Waals surface area contributed by atoms with Crippen LogP contribution in [0.15, 0.2) is 22.7 Å². The molecule has 0 aliphatic carbocycles. The Morgan fingerprint density at radius 3 is 3.00 bits per heavy atom. The summed E-state index contributed by atoms with van der Waals surface area (Å²) in [6.07, 6.45) is 0. The zero-order chi connectivity index (χ0) is 13.6.